The van der Waals surface area contributed by atoms with Crippen molar-refractivity contribution in [3.8, 4) is 0 Å². The molecule has 1 aromatic heterocycles. The standard InChI is InChI=1S/C15H26N4O/c1-4-18(5-2)11-8-12-19(6-3)15(20)13-9-7-10-17-14(13)16/h7,9-10H,4-6,8,11-12H2,1-3H3,(H2,16,17). The average Bonchev–Trinajstić information content (AvgIpc) is 2.47. The first-order valence-corrected chi connectivity index (χ1v) is 7.36. The molecule has 1 amide bonds. The smallest absolute Gasteiger partial charge is 0.257 e. The van der Waals surface area contributed by atoms with E-state index >= 15 is 0 Å². The van der Waals surface area contributed by atoms with Gasteiger partial charge in [-0.2, -0.15) is 0 Å². The lowest BCUT2D eigenvalue weighted by Crippen LogP contribution is -2.34. The molecule has 20 heavy (non-hydrogen) atoms. The molecule has 0 fully saturated rings. The Hall–Kier alpha value is -1.62. The fourth-order valence-electron chi connectivity index (χ4n) is 2.20. The summed E-state index contributed by atoms with van der Waals surface area (Å²) in [4.78, 5) is 20.6. The predicted molar refractivity (Wildman–Crippen MR) is 82.6 cm³/mol. The molecule has 1 rings (SSSR count). The second-order valence-corrected chi connectivity index (χ2v) is 4.70. The summed E-state index contributed by atoms with van der Waals surface area (Å²) in [5.74, 6) is 0.275. The maximum absolute atomic E-state index is 12.4. The van der Waals surface area contributed by atoms with E-state index < -0.39 is 0 Å². The second-order valence-electron chi connectivity index (χ2n) is 4.70. The number of carbonyl (C=O) groups is 1. The molecule has 0 aliphatic carbocycles. The van der Waals surface area contributed by atoms with Gasteiger partial charge in [-0.15, -0.1) is 0 Å². The number of amides is 1. The maximum atomic E-state index is 12.4. The Bertz CT molecular complexity index is 418. The van der Waals surface area contributed by atoms with E-state index in [1.807, 2.05) is 11.8 Å². The molecule has 1 aromatic rings. The van der Waals surface area contributed by atoms with Crippen molar-refractivity contribution in [2.75, 3.05) is 38.5 Å². The van der Waals surface area contributed by atoms with Gasteiger partial charge in [-0.1, -0.05) is 13.8 Å². The van der Waals surface area contributed by atoms with Crippen molar-refractivity contribution >= 4 is 11.7 Å². The lowest BCUT2D eigenvalue weighted by Gasteiger charge is -2.24. The Morgan fingerprint density at radius 2 is 1.90 bits per heavy atom. The topological polar surface area (TPSA) is 62.5 Å². The van der Waals surface area contributed by atoms with Gasteiger partial charge in [-0.05, 0) is 45.1 Å². The molecule has 0 aliphatic heterocycles. The van der Waals surface area contributed by atoms with Crippen LogP contribution >= 0.6 is 0 Å². The lowest BCUT2D eigenvalue weighted by atomic mass is 10.2. The number of carbonyl (C=O) groups excluding carboxylic acids is 1. The van der Waals surface area contributed by atoms with E-state index in [0.717, 1.165) is 32.6 Å². The summed E-state index contributed by atoms with van der Waals surface area (Å²) in [6.07, 6.45) is 2.57. The number of anilines is 1. The summed E-state index contributed by atoms with van der Waals surface area (Å²) < 4.78 is 0. The first-order chi connectivity index (χ1) is 9.63. The van der Waals surface area contributed by atoms with Crippen LogP contribution in [0.3, 0.4) is 0 Å². The molecule has 0 atom stereocenters. The number of aromatic nitrogens is 1. The molecular weight excluding hydrogens is 252 g/mol. The summed E-state index contributed by atoms with van der Waals surface area (Å²) in [6.45, 7) is 10.8. The van der Waals surface area contributed by atoms with Gasteiger partial charge in [0.1, 0.15) is 5.82 Å². The van der Waals surface area contributed by atoms with E-state index in [9.17, 15) is 4.79 Å². The number of nitrogens with two attached hydrogens (primary N) is 1. The summed E-state index contributed by atoms with van der Waals surface area (Å²) in [7, 11) is 0. The lowest BCUT2D eigenvalue weighted by molar-refractivity contribution is 0.0758. The highest BCUT2D eigenvalue weighted by Gasteiger charge is 2.16. The number of rotatable bonds is 8. The van der Waals surface area contributed by atoms with Crippen LogP contribution in [0, 0.1) is 0 Å². The zero-order valence-corrected chi connectivity index (χ0v) is 12.8. The van der Waals surface area contributed by atoms with Gasteiger partial charge in [0, 0.05) is 19.3 Å². The van der Waals surface area contributed by atoms with Crippen molar-refractivity contribution in [3.05, 3.63) is 23.9 Å². The quantitative estimate of drug-likeness (QED) is 0.788. The van der Waals surface area contributed by atoms with E-state index in [1.165, 1.54) is 0 Å². The fourth-order valence-corrected chi connectivity index (χ4v) is 2.20. The van der Waals surface area contributed by atoms with Gasteiger partial charge in [-0.25, -0.2) is 4.98 Å². The molecule has 0 radical (unpaired) electrons. The zero-order chi connectivity index (χ0) is 15.0. The van der Waals surface area contributed by atoms with E-state index in [-0.39, 0.29) is 5.91 Å². The van der Waals surface area contributed by atoms with Crippen molar-refractivity contribution in [1.82, 2.24) is 14.8 Å². The Kier molecular flexibility index (Phi) is 7.01. The first kappa shape index (κ1) is 16.4. The molecule has 5 heteroatoms. The number of pyridine rings is 1. The highest BCUT2D eigenvalue weighted by molar-refractivity contribution is 5.98. The third-order valence-corrected chi connectivity index (χ3v) is 3.53. The maximum Gasteiger partial charge on any atom is 0.257 e. The average molecular weight is 278 g/mol. The molecule has 112 valence electrons. The zero-order valence-electron chi connectivity index (χ0n) is 12.8. The summed E-state index contributed by atoms with van der Waals surface area (Å²) in [6, 6.07) is 3.48. The Balaban J connectivity index is 2.58. The molecule has 0 unspecified atom stereocenters. The number of nitrogen functional groups attached to an aromatic ring is 1. The second kappa shape index (κ2) is 8.53. The highest BCUT2D eigenvalue weighted by Crippen LogP contribution is 2.11. The van der Waals surface area contributed by atoms with Crippen LogP contribution in [-0.4, -0.2) is 53.4 Å². The molecule has 0 aliphatic rings. The van der Waals surface area contributed by atoms with Crippen molar-refractivity contribution in [2.24, 2.45) is 0 Å². The number of hydrogen-bond acceptors (Lipinski definition) is 4. The van der Waals surface area contributed by atoms with Gasteiger partial charge < -0.3 is 15.5 Å². The summed E-state index contributed by atoms with van der Waals surface area (Å²) >= 11 is 0. The highest BCUT2D eigenvalue weighted by atomic mass is 16.2. The molecule has 0 saturated carbocycles. The Morgan fingerprint density at radius 3 is 2.45 bits per heavy atom. The Morgan fingerprint density at radius 1 is 1.20 bits per heavy atom. The van der Waals surface area contributed by atoms with Crippen molar-refractivity contribution in [3.63, 3.8) is 0 Å². The third-order valence-electron chi connectivity index (χ3n) is 3.53. The van der Waals surface area contributed by atoms with Crippen LogP contribution < -0.4 is 5.73 Å². The number of nitrogens with zero attached hydrogens (tertiary/aromatic N) is 3. The van der Waals surface area contributed by atoms with Crippen LogP contribution in [0.1, 0.15) is 37.6 Å². The van der Waals surface area contributed by atoms with E-state index in [0.29, 0.717) is 17.9 Å². The summed E-state index contributed by atoms with van der Waals surface area (Å²) in [5, 5.41) is 0. The van der Waals surface area contributed by atoms with Crippen LogP contribution in [0.15, 0.2) is 18.3 Å². The molecular formula is C15H26N4O. The van der Waals surface area contributed by atoms with Crippen molar-refractivity contribution in [1.29, 1.82) is 0 Å². The molecule has 0 bridgehead atoms. The monoisotopic (exact) mass is 278 g/mol. The van der Waals surface area contributed by atoms with Crippen LogP contribution in [0.25, 0.3) is 0 Å². The summed E-state index contributed by atoms with van der Waals surface area (Å²) in [5.41, 5.74) is 6.26. The van der Waals surface area contributed by atoms with E-state index in [1.54, 1.807) is 18.3 Å². The minimum Gasteiger partial charge on any atom is -0.383 e. The van der Waals surface area contributed by atoms with Crippen LogP contribution in [0.4, 0.5) is 5.82 Å². The van der Waals surface area contributed by atoms with E-state index in [4.69, 9.17) is 5.73 Å². The van der Waals surface area contributed by atoms with Gasteiger partial charge in [0.2, 0.25) is 0 Å². The molecule has 0 aromatic carbocycles. The molecule has 5 nitrogen and oxygen atoms in total. The van der Waals surface area contributed by atoms with Crippen molar-refractivity contribution in [2.45, 2.75) is 27.2 Å². The SMILES string of the molecule is CCN(CC)CCCN(CC)C(=O)c1cccnc1N. The molecule has 2 N–H and O–H groups in total. The minimum atomic E-state index is -0.0300. The van der Waals surface area contributed by atoms with Gasteiger partial charge in [0.25, 0.3) is 5.91 Å². The number of hydrogen-bond donors (Lipinski definition) is 1. The predicted octanol–water partition coefficient (Wildman–Crippen LogP) is 1.86. The molecule has 1 heterocycles. The largest absolute Gasteiger partial charge is 0.383 e. The normalized spacial score (nSPS) is 10.8. The third kappa shape index (κ3) is 4.49. The van der Waals surface area contributed by atoms with Crippen LogP contribution in [0.2, 0.25) is 0 Å². The van der Waals surface area contributed by atoms with Crippen molar-refractivity contribution < 1.29 is 4.79 Å². The van der Waals surface area contributed by atoms with Gasteiger partial charge in [-0.3, -0.25) is 4.79 Å². The van der Waals surface area contributed by atoms with Gasteiger partial charge in [0.15, 0.2) is 0 Å². The van der Waals surface area contributed by atoms with Gasteiger partial charge >= 0.3 is 0 Å². The van der Waals surface area contributed by atoms with Crippen LogP contribution in [0.5, 0.6) is 0 Å². The van der Waals surface area contributed by atoms with Crippen LogP contribution in [-0.2, 0) is 0 Å². The van der Waals surface area contributed by atoms with E-state index in [2.05, 4.69) is 23.7 Å². The molecule has 0 spiro atoms. The minimum absolute atomic E-state index is 0.0300. The first-order valence-electron chi connectivity index (χ1n) is 7.36. The molecule has 0 saturated heterocycles. The fraction of sp³-hybridized carbons (Fsp3) is 0.600. The van der Waals surface area contributed by atoms with Gasteiger partial charge in [0.05, 0.1) is 5.56 Å². The Labute approximate surface area is 121 Å².